The molecule has 9 heteroatoms. The lowest BCUT2D eigenvalue weighted by molar-refractivity contribution is 0.103. The van der Waals surface area contributed by atoms with E-state index in [1.807, 2.05) is 243 Å². The summed E-state index contributed by atoms with van der Waals surface area (Å²) in [5, 5.41) is 0. The van der Waals surface area contributed by atoms with Crippen LogP contribution in [-0.4, -0.2) is 5.78 Å². The van der Waals surface area contributed by atoms with Gasteiger partial charge in [0.15, 0.2) is 0 Å². The highest BCUT2D eigenvalue weighted by Crippen LogP contribution is 2.52. The Labute approximate surface area is 415 Å². The molecular weight excluding hydrogens is 919 g/mol. The lowest BCUT2D eigenvalue weighted by Crippen LogP contribution is -2.18. The predicted octanol–water partition coefficient (Wildman–Crippen LogP) is 17.0. The average Bonchev–Trinajstić information content (AvgIpc) is 3.42. The van der Waals surface area contributed by atoms with Crippen molar-refractivity contribution in [2.24, 2.45) is 0 Å². The number of para-hydroxylation sites is 4. The van der Waals surface area contributed by atoms with Crippen LogP contribution in [0, 0.1) is 0 Å². The Kier molecular flexibility index (Phi) is 13.3. The van der Waals surface area contributed by atoms with Gasteiger partial charge in [0.2, 0.25) is 5.78 Å². The van der Waals surface area contributed by atoms with E-state index in [-0.39, 0.29) is 5.78 Å². The molecule has 0 bridgehead atoms. The lowest BCUT2D eigenvalue weighted by atomic mass is 9.84. The van der Waals surface area contributed by atoms with E-state index in [2.05, 4.69) is 0 Å². The summed E-state index contributed by atoms with van der Waals surface area (Å²) in [6, 6.07) is 82.6. The first-order valence-corrected chi connectivity index (χ1v) is 25.4. The molecule has 71 heavy (non-hydrogen) atoms. The highest BCUT2D eigenvalue weighted by atomic mass is 31.2. The van der Waals surface area contributed by atoms with Crippen molar-refractivity contribution in [1.29, 1.82) is 0 Å². The molecule has 11 rings (SSSR count). The third-order valence-corrected chi connectivity index (χ3v) is 14.1. The van der Waals surface area contributed by atoms with Gasteiger partial charge < -0.3 is 27.1 Å². The van der Waals surface area contributed by atoms with Crippen molar-refractivity contribution >= 4 is 23.0 Å². The molecule has 0 saturated carbocycles. The number of carbonyl (C=O) groups excluding carboxylic acids is 1. The third-order valence-electron chi connectivity index (χ3n) is 12.0. The second kappa shape index (κ2) is 21.0. The molecule has 0 aromatic heterocycles. The summed E-state index contributed by atoms with van der Waals surface area (Å²) < 4.78 is 41.1. The van der Waals surface area contributed by atoms with Gasteiger partial charge in [0, 0.05) is 22.3 Å². The molecule has 10 aromatic carbocycles. The van der Waals surface area contributed by atoms with Crippen molar-refractivity contribution in [3.63, 3.8) is 0 Å². The minimum Gasteiger partial charge on any atom is -0.408 e. The van der Waals surface area contributed by atoms with Crippen LogP contribution < -0.4 is 27.1 Å². The molecule has 344 valence electrons. The zero-order chi connectivity index (χ0) is 47.8. The Hall–Kier alpha value is -8.47. The Morgan fingerprint density at radius 2 is 0.493 bits per heavy atom. The quantitative estimate of drug-likeness (QED) is 0.0893. The van der Waals surface area contributed by atoms with Gasteiger partial charge in [-0.1, -0.05) is 218 Å². The van der Waals surface area contributed by atoms with Crippen LogP contribution in [0.3, 0.4) is 0 Å². The van der Waals surface area contributed by atoms with Crippen LogP contribution in [0.1, 0.15) is 27.0 Å². The molecule has 0 fully saturated rings. The first-order valence-electron chi connectivity index (χ1n) is 23.2. The monoisotopic (exact) mass is 962 g/mol. The smallest absolute Gasteiger partial charge is 0.408 e. The van der Waals surface area contributed by atoms with Gasteiger partial charge in [-0.15, -0.1) is 0 Å². The van der Waals surface area contributed by atoms with Crippen LogP contribution >= 0.6 is 17.2 Å². The van der Waals surface area contributed by atoms with E-state index < -0.39 is 17.2 Å². The summed E-state index contributed by atoms with van der Waals surface area (Å²) in [7, 11) is -4.50. The Morgan fingerprint density at radius 3 is 0.789 bits per heavy atom. The summed E-state index contributed by atoms with van der Waals surface area (Å²) in [6.45, 7) is 0. The number of hydrogen-bond donors (Lipinski definition) is 0. The molecule has 1 aliphatic carbocycles. The van der Waals surface area contributed by atoms with Gasteiger partial charge in [-0.3, -0.25) is 4.79 Å². The molecule has 0 radical (unpaired) electrons. The van der Waals surface area contributed by atoms with Crippen LogP contribution in [0.15, 0.2) is 255 Å². The number of fused-ring (bicyclic) bond motifs is 2. The van der Waals surface area contributed by atoms with E-state index in [9.17, 15) is 0 Å². The fourth-order valence-electron chi connectivity index (χ4n) is 8.65. The van der Waals surface area contributed by atoms with Crippen LogP contribution in [0.25, 0.3) is 44.5 Å². The fourth-order valence-corrected chi connectivity index (χ4v) is 10.8. The van der Waals surface area contributed by atoms with Gasteiger partial charge in [0.1, 0.15) is 34.5 Å². The van der Waals surface area contributed by atoms with E-state index in [0.717, 1.165) is 55.6 Å². The second-order valence-corrected chi connectivity index (χ2v) is 18.5. The van der Waals surface area contributed by atoms with Gasteiger partial charge in [0.25, 0.3) is 0 Å². The van der Waals surface area contributed by atoms with Crippen LogP contribution in [-0.2, 0) is 6.42 Å². The van der Waals surface area contributed by atoms with E-state index in [1.54, 1.807) is 12.1 Å². The number of ketones is 1. The molecule has 0 unspecified atom stereocenters. The summed E-state index contributed by atoms with van der Waals surface area (Å²) in [5.41, 5.74) is 9.71. The molecule has 0 N–H and O–H groups in total. The molecule has 0 heterocycles. The topological polar surface area (TPSA) is 72.5 Å². The van der Waals surface area contributed by atoms with Gasteiger partial charge in [-0.05, 0) is 76.2 Å². The van der Waals surface area contributed by atoms with E-state index in [4.69, 9.17) is 27.1 Å². The Balaban J connectivity index is 0.961. The minimum absolute atomic E-state index is 0.277. The van der Waals surface area contributed by atoms with Gasteiger partial charge >= 0.3 is 17.2 Å². The third kappa shape index (κ3) is 10.0. The van der Waals surface area contributed by atoms with E-state index >= 15 is 4.79 Å². The SMILES string of the molecule is O=C1c2c(cccc2OP(Oc2ccccc2-c2ccccc2)Oc2ccccc2-c2ccccc2)Cc2cccc(OP(Oc3ccccc3-c3ccccc3)Oc3ccccc3-c3ccccc3)c21. The van der Waals surface area contributed by atoms with Crippen molar-refractivity contribution in [2.45, 2.75) is 6.42 Å². The van der Waals surface area contributed by atoms with E-state index in [0.29, 0.717) is 52.0 Å². The molecule has 10 aromatic rings. The Morgan fingerprint density at radius 1 is 0.254 bits per heavy atom. The van der Waals surface area contributed by atoms with Crippen molar-refractivity contribution in [3.8, 4) is 79.0 Å². The molecular formula is C62H44O7P2. The summed E-state index contributed by atoms with van der Waals surface area (Å²) in [6.07, 6.45) is 0.436. The number of benzene rings is 10. The van der Waals surface area contributed by atoms with Crippen LogP contribution in [0.2, 0.25) is 0 Å². The van der Waals surface area contributed by atoms with Gasteiger partial charge in [-0.2, -0.15) is 0 Å². The Bertz CT molecular complexity index is 3050. The maximum atomic E-state index is 15.4. The van der Waals surface area contributed by atoms with E-state index in [1.165, 1.54) is 0 Å². The second-order valence-electron chi connectivity index (χ2n) is 16.5. The zero-order valence-corrected chi connectivity index (χ0v) is 40.0. The van der Waals surface area contributed by atoms with Crippen LogP contribution in [0.4, 0.5) is 0 Å². The average molecular weight is 963 g/mol. The maximum Gasteiger partial charge on any atom is 0.530 e. The maximum absolute atomic E-state index is 15.4. The molecule has 1 aliphatic rings. The predicted molar refractivity (Wildman–Crippen MR) is 284 cm³/mol. The first-order chi connectivity index (χ1) is 35.1. The lowest BCUT2D eigenvalue weighted by Gasteiger charge is -2.26. The molecule has 0 saturated heterocycles. The minimum atomic E-state index is -2.25. The van der Waals surface area contributed by atoms with Crippen molar-refractivity contribution in [2.75, 3.05) is 0 Å². The standard InChI is InChI=1S/C62H44O7P2/c63-62-60-48(31-21-41-58(60)68-70(64-54-37-17-13-33-50(54)44-23-5-1-6-24-44)65-55-38-18-14-34-51(55)45-25-7-2-8-26-45)43-49-32-22-42-59(61(49)62)69-71(66-56-39-19-15-35-52(56)46-27-9-3-10-28-46)67-57-40-20-16-36-53(57)47-29-11-4-12-30-47/h1-42H,43H2. The van der Waals surface area contributed by atoms with Crippen molar-refractivity contribution in [1.82, 2.24) is 0 Å². The molecule has 0 amide bonds. The summed E-state index contributed by atoms with van der Waals surface area (Å²) in [4.78, 5) is 15.4. The van der Waals surface area contributed by atoms with Gasteiger partial charge in [0.05, 0.1) is 11.1 Å². The van der Waals surface area contributed by atoms with Crippen LogP contribution in [0.5, 0.6) is 34.5 Å². The highest BCUT2D eigenvalue weighted by molar-refractivity contribution is 7.43. The number of hydrogen-bond acceptors (Lipinski definition) is 7. The highest BCUT2D eigenvalue weighted by Gasteiger charge is 2.35. The molecule has 7 nitrogen and oxygen atoms in total. The summed E-state index contributed by atoms with van der Waals surface area (Å²) in [5.74, 6) is 2.62. The first kappa shape index (κ1) is 45.0. The molecule has 0 aliphatic heterocycles. The van der Waals surface area contributed by atoms with Crippen molar-refractivity contribution in [3.05, 3.63) is 277 Å². The molecule has 0 atom stereocenters. The van der Waals surface area contributed by atoms with Crippen molar-refractivity contribution < 1.29 is 31.9 Å². The zero-order valence-electron chi connectivity index (χ0n) is 38.2. The number of carbonyl (C=O) groups is 1. The van der Waals surface area contributed by atoms with Gasteiger partial charge in [-0.25, -0.2) is 0 Å². The fraction of sp³-hybridized carbons (Fsp3) is 0.0161. The largest absolute Gasteiger partial charge is 0.530 e. The normalized spacial score (nSPS) is 11.6. The summed E-state index contributed by atoms with van der Waals surface area (Å²) >= 11 is 0. The number of rotatable bonds is 16. The molecule has 0 spiro atoms.